The molecule has 0 bridgehead atoms. The smallest absolute Gasteiger partial charge is 0.306 e. The van der Waals surface area contributed by atoms with E-state index in [9.17, 15) is 14.4 Å². The molecule has 0 rings (SSSR count). The molecule has 0 saturated heterocycles. The van der Waals surface area contributed by atoms with Gasteiger partial charge in [-0.15, -0.1) is 0 Å². The van der Waals surface area contributed by atoms with Crippen molar-refractivity contribution in [3.05, 3.63) is 60.8 Å². The van der Waals surface area contributed by atoms with Crippen LogP contribution < -0.4 is 0 Å². The van der Waals surface area contributed by atoms with E-state index >= 15 is 0 Å². The minimum absolute atomic E-state index is 0.0767. The number of carbonyl (C=O) groups is 3. The maximum atomic E-state index is 12.9. The number of hydrogen-bond donors (Lipinski definition) is 0. The first-order valence-electron chi connectivity index (χ1n) is 33.3. The Morgan fingerprint density at radius 3 is 0.829 bits per heavy atom. The van der Waals surface area contributed by atoms with Gasteiger partial charge in [-0.1, -0.05) is 306 Å². The van der Waals surface area contributed by atoms with Crippen molar-refractivity contribution in [1.82, 2.24) is 0 Å². The van der Waals surface area contributed by atoms with Crippen LogP contribution in [-0.2, 0) is 28.6 Å². The first kappa shape index (κ1) is 73.1. The van der Waals surface area contributed by atoms with E-state index in [2.05, 4.69) is 81.5 Å². The van der Waals surface area contributed by atoms with Gasteiger partial charge in [0.2, 0.25) is 0 Å². The van der Waals surface area contributed by atoms with Crippen molar-refractivity contribution in [2.45, 2.75) is 354 Å². The summed E-state index contributed by atoms with van der Waals surface area (Å²) < 4.78 is 16.9. The van der Waals surface area contributed by atoms with E-state index in [1.807, 2.05) is 0 Å². The molecule has 6 nitrogen and oxygen atoms in total. The summed E-state index contributed by atoms with van der Waals surface area (Å²) in [5.74, 6) is -0.874. The van der Waals surface area contributed by atoms with Crippen LogP contribution in [0.1, 0.15) is 348 Å². The Morgan fingerprint density at radius 1 is 0.276 bits per heavy atom. The zero-order chi connectivity index (χ0) is 55.0. The van der Waals surface area contributed by atoms with Crippen LogP contribution >= 0.6 is 0 Å². The van der Waals surface area contributed by atoms with E-state index < -0.39 is 6.10 Å². The van der Waals surface area contributed by atoms with Crippen LogP contribution in [0.25, 0.3) is 0 Å². The third kappa shape index (κ3) is 62.0. The SMILES string of the molecule is CC/C=C\C/C=C\C/C=C\C/C=C\CCCCCCCCCCC(=O)OC(COC(=O)CCCCCCC/C=C\CCCCCC)COC(=O)CCCCCCCCCCCCCCCCCCCCCCCCCC. The second-order valence-corrected chi connectivity index (χ2v) is 22.4. The average molecular weight is 1060 g/mol. The van der Waals surface area contributed by atoms with Crippen LogP contribution in [-0.4, -0.2) is 37.2 Å². The molecule has 0 aromatic heterocycles. The molecule has 0 heterocycles. The average Bonchev–Trinajstić information content (AvgIpc) is 3.42. The van der Waals surface area contributed by atoms with Gasteiger partial charge in [-0.05, 0) is 83.5 Å². The van der Waals surface area contributed by atoms with E-state index in [1.54, 1.807) is 0 Å². The Hall–Kier alpha value is -2.89. The molecule has 0 N–H and O–H groups in total. The fourth-order valence-electron chi connectivity index (χ4n) is 9.79. The van der Waals surface area contributed by atoms with Gasteiger partial charge in [0.25, 0.3) is 0 Å². The lowest BCUT2D eigenvalue weighted by Gasteiger charge is -2.18. The predicted octanol–water partition coefficient (Wildman–Crippen LogP) is 22.7. The molecule has 0 fully saturated rings. The third-order valence-electron chi connectivity index (χ3n) is 14.8. The summed E-state index contributed by atoms with van der Waals surface area (Å²) >= 11 is 0. The van der Waals surface area contributed by atoms with Gasteiger partial charge in [0.05, 0.1) is 0 Å². The normalized spacial score (nSPS) is 12.4. The standard InChI is InChI=1S/C70H126O6/c1-4-7-10-13-16-19-22-25-27-29-31-33-34-35-37-38-40-42-45-48-51-54-57-60-63-69(72)75-66-67(65-74-68(71)62-59-56-53-50-47-44-24-21-18-15-12-9-6-3)76-70(73)64-61-58-55-52-49-46-43-41-39-36-32-30-28-26-23-20-17-14-11-8-5-2/h8,11,17,20-21,24,26,28,32,36,67H,4-7,9-10,12-16,18-19,22-23,25,27,29-31,33-35,37-66H2,1-3H3/b11-8-,20-17-,24-21-,28-26-,36-32-. The monoisotopic (exact) mass is 1060 g/mol. The second-order valence-electron chi connectivity index (χ2n) is 22.4. The Kier molecular flexibility index (Phi) is 62.2. The van der Waals surface area contributed by atoms with Crippen molar-refractivity contribution in [3.8, 4) is 0 Å². The molecule has 0 radical (unpaired) electrons. The Morgan fingerprint density at radius 2 is 0.513 bits per heavy atom. The summed E-state index contributed by atoms with van der Waals surface area (Å²) in [6.07, 6.45) is 82.4. The number of esters is 3. The van der Waals surface area contributed by atoms with Gasteiger partial charge in [-0.25, -0.2) is 0 Å². The van der Waals surface area contributed by atoms with Gasteiger partial charge in [-0.2, -0.15) is 0 Å². The molecule has 76 heavy (non-hydrogen) atoms. The first-order chi connectivity index (χ1) is 37.5. The van der Waals surface area contributed by atoms with Crippen LogP contribution in [0.2, 0.25) is 0 Å². The van der Waals surface area contributed by atoms with E-state index in [1.165, 1.54) is 212 Å². The summed E-state index contributed by atoms with van der Waals surface area (Å²) in [5, 5.41) is 0. The van der Waals surface area contributed by atoms with E-state index in [0.29, 0.717) is 19.3 Å². The topological polar surface area (TPSA) is 78.9 Å². The lowest BCUT2D eigenvalue weighted by molar-refractivity contribution is -0.167. The van der Waals surface area contributed by atoms with Crippen molar-refractivity contribution in [3.63, 3.8) is 0 Å². The van der Waals surface area contributed by atoms with Crippen molar-refractivity contribution in [2.75, 3.05) is 13.2 Å². The zero-order valence-electron chi connectivity index (χ0n) is 50.8. The number of hydrogen-bond acceptors (Lipinski definition) is 6. The number of rotatable bonds is 61. The molecule has 6 heteroatoms. The molecule has 442 valence electrons. The fourth-order valence-corrected chi connectivity index (χ4v) is 9.79. The fraction of sp³-hybridized carbons (Fsp3) is 0.814. The van der Waals surface area contributed by atoms with E-state index in [4.69, 9.17) is 14.2 Å². The van der Waals surface area contributed by atoms with Gasteiger partial charge in [0.1, 0.15) is 13.2 Å². The van der Waals surface area contributed by atoms with Crippen LogP contribution in [0.5, 0.6) is 0 Å². The highest BCUT2D eigenvalue weighted by molar-refractivity contribution is 5.71. The van der Waals surface area contributed by atoms with Crippen molar-refractivity contribution in [1.29, 1.82) is 0 Å². The highest BCUT2D eigenvalue weighted by atomic mass is 16.6. The molecular formula is C70H126O6. The quantitative estimate of drug-likeness (QED) is 0.0261. The minimum Gasteiger partial charge on any atom is -0.462 e. The van der Waals surface area contributed by atoms with Crippen LogP contribution in [0.3, 0.4) is 0 Å². The molecule has 1 unspecified atom stereocenters. The van der Waals surface area contributed by atoms with Crippen molar-refractivity contribution >= 4 is 17.9 Å². The van der Waals surface area contributed by atoms with Gasteiger partial charge in [-0.3, -0.25) is 14.4 Å². The van der Waals surface area contributed by atoms with E-state index in [0.717, 1.165) is 96.3 Å². The molecule has 0 aliphatic heterocycles. The molecule has 0 aromatic rings. The number of allylic oxidation sites excluding steroid dienone is 10. The molecule has 0 spiro atoms. The summed E-state index contributed by atoms with van der Waals surface area (Å²) in [7, 11) is 0. The van der Waals surface area contributed by atoms with Gasteiger partial charge in [0, 0.05) is 19.3 Å². The molecule has 0 aromatic carbocycles. The summed E-state index contributed by atoms with van der Waals surface area (Å²) in [4.78, 5) is 38.3. The minimum atomic E-state index is -0.781. The first-order valence-corrected chi connectivity index (χ1v) is 33.3. The second kappa shape index (κ2) is 64.6. The maximum absolute atomic E-state index is 12.9. The number of carbonyl (C=O) groups excluding carboxylic acids is 3. The van der Waals surface area contributed by atoms with Crippen LogP contribution in [0.4, 0.5) is 0 Å². The maximum Gasteiger partial charge on any atom is 0.306 e. The summed E-state index contributed by atoms with van der Waals surface area (Å²) in [5.41, 5.74) is 0. The Bertz CT molecular complexity index is 1360. The van der Waals surface area contributed by atoms with Crippen molar-refractivity contribution in [2.24, 2.45) is 0 Å². The van der Waals surface area contributed by atoms with Gasteiger partial charge < -0.3 is 14.2 Å². The largest absolute Gasteiger partial charge is 0.462 e. The lowest BCUT2D eigenvalue weighted by atomic mass is 10.0. The molecule has 0 aliphatic rings. The van der Waals surface area contributed by atoms with Crippen LogP contribution in [0, 0.1) is 0 Å². The van der Waals surface area contributed by atoms with Gasteiger partial charge in [0.15, 0.2) is 6.10 Å². The molecule has 0 amide bonds. The zero-order valence-corrected chi connectivity index (χ0v) is 50.8. The third-order valence-corrected chi connectivity index (χ3v) is 14.8. The van der Waals surface area contributed by atoms with Gasteiger partial charge >= 0.3 is 17.9 Å². The number of ether oxygens (including phenoxy) is 3. The van der Waals surface area contributed by atoms with Crippen LogP contribution in [0.15, 0.2) is 60.8 Å². The Labute approximate surface area is 472 Å². The molecular weight excluding hydrogens is 937 g/mol. The molecule has 1 atom stereocenters. The van der Waals surface area contributed by atoms with Crippen molar-refractivity contribution < 1.29 is 28.6 Å². The summed E-state index contributed by atoms with van der Waals surface area (Å²) in [6.45, 7) is 6.55. The number of unbranched alkanes of at least 4 members (excludes halogenated alkanes) is 40. The molecule has 0 aliphatic carbocycles. The summed E-state index contributed by atoms with van der Waals surface area (Å²) in [6, 6.07) is 0. The lowest BCUT2D eigenvalue weighted by Crippen LogP contribution is -2.30. The predicted molar refractivity (Wildman–Crippen MR) is 330 cm³/mol. The molecule has 0 saturated carbocycles. The van der Waals surface area contributed by atoms with E-state index in [-0.39, 0.29) is 31.1 Å². The highest BCUT2D eigenvalue weighted by Gasteiger charge is 2.19. The highest BCUT2D eigenvalue weighted by Crippen LogP contribution is 2.18. The Balaban J connectivity index is 4.28.